The Hall–Kier alpha value is -3.29. The number of fused-ring (bicyclic) bond motifs is 2. The number of aliphatic hydroxyl groups excluding tert-OH is 1. The molecule has 1 saturated heterocycles. The Bertz CT molecular complexity index is 1300. The lowest BCUT2D eigenvalue weighted by Gasteiger charge is -2.37. The number of carbonyl (C=O) groups excluding carboxylic acids is 1. The molecule has 1 atom stereocenters. The predicted molar refractivity (Wildman–Crippen MR) is 142 cm³/mol. The van der Waals surface area contributed by atoms with E-state index in [0.717, 1.165) is 72.6 Å². The largest absolute Gasteiger partial charge is 0.395 e. The van der Waals surface area contributed by atoms with Gasteiger partial charge in [-0.2, -0.15) is 5.10 Å². The van der Waals surface area contributed by atoms with Crippen molar-refractivity contribution < 1.29 is 9.90 Å². The third-order valence-corrected chi connectivity index (χ3v) is 7.54. The normalized spacial score (nSPS) is 23.8. The molecule has 5 rings (SSSR count). The molecule has 0 radical (unpaired) electrons. The van der Waals surface area contributed by atoms with Crippen molar-refractivity contribution in [2.45, 2.75) is 52.5 Å². The molecule has 0 aromatic carbocycles. The second kappa shape index (κ2) is 10.4. The van der Waals surface area contributed by atoms with Crippen LogP contribution in [0.1, 0.15) is 50.2 Å². The van der Waals surface area contributed by atoms with Gasteiger partial charge in [0, 0.05) is 29.6 Å². The van der Waals surface area contributed by atoms with Crippen LogP contribution in [0.5, 0.6) is 0 Å². The van der Waals surface area contributed by atoms with Gasteiger partial charge >= 0.3 is 0 Å². The summed E-state index contributed by atoms with van der Waals surface area (Å²) in [7, 11) is 0. The molecule has 3 aliphatic heterocycles. The maximum absolute atomic E-state index is 13.4. The highest BCUT2D eigenvalue weighted by Gasteiger charge is 2.28. The molecule has 0 saturated carbocycles. The lowest BCUT2D eigenvalue weighted by atomic mass is 9.87. The van der Waals surface area contributed by atoms with E-state index in [1.54, 1.807) is 11.0 Å². The first-order chi connectivity index (χ1) is 17.5. The first-order valence-corrected chi connectivity index (χ1v) is 13.0. The van der Waals surface area contributed by atoms with Crippen LogP contribution >= 0.6 is 0 Å². The van der Waals surface area contributed by atoms with E-state index in [-0.39, 0.29) is 18.6 Å². The van der Waals surface area contributed by atoms with Crippen molar-refractivity contribution in [3.63, 3.8) is 0 Å². The van der Waals surface area contributed by atoms with Gasteiger partial charge in [0.25, 0.3) is 5.91 Å². The van der Waals surface area contributed by atoms with Gasteiger partial charge in [-0.1, -0.05) is 32.1 Å². The summed E-state index contributed by atoms with van der Waals surface area (Å²) in [5.74, 6) is 0.336. The van der Waals surface area contributed by atoms with E-state index < -0.39 is 0 Å². The third kappa shape index (κ3) is 4.73. The first-order valence-electron chi connectivity index (χ1n) is 13.0. The second-order valence-electron chi connectivity index (χ2n) is 9.82. The topological polar surface area (TPSA) is 74.0 Å². The quantitative estimate of drug-likeness (QED) is 0.664. The number of allylic oxidation sites excluding steroid dienone is 7. The summed E-state index contributed by atoms with van der Waals surface area (Å²) in [5, 5.41) is 14.4. The van der Waals surface area contributed by atoms with E-state index in [9.17, 15) is 9.90 Å². The summed E-state index contributed by atoms with van der Waals surface area (Å²) in [6, 6.07) is 2.26. The maximum atomic E-state index is 13.4. The van der Waals surface area contributed by atoms with Crippen molar-refractivity contribution in [3.05, 3.63) is 83.3 Å². The number of aryl methyl sites for hydroxylation is 2. The van der Waals surface area contributed by atoms with E-state index >= 15 is 0 Å². The van der Waals surface area contributed by atoms with E-state index in [1.807, 2.05) is 54.2 Å². The van der Waals surface area contributed by atoms with Crippen LogP contribution in [0.25, 0.3) is 11.1 Å². The standard InChI is InChI=1S/C29H35N5O2/c1-4-24(19-35)32-13-11-21(12-14-32)23-9-10-25-8-6-7-22(15-29(36)33(25)18-23)27-16-28-26(5-2)30-20(3)17-34(28)31-27/h6-10,15-18,21,24,35H,4-5,11-14,19H2,1-3H3/b7-6+,22-15+,25-8+. The van der Waals surface area contributed by atoms with E-state index in [4.69, 9.17) is 5.10 Å². The number of aliphatic hydroxyl groups is 1. The Kier molecular flexibility index (Phi) is 7.03. The van der Waals surface area contributed by atoms with Crippen molar-refractivity contribution in [1.29, 1.82) is 0 Å². The number of rotatable bonds is 6. The van der Waals surface area contributed by atoms with Gasteiger partial charge in [0.05, 0.1) is 35.4 Å². The zero-order valence-electron chi connectivity index (χ0n) is 21.4. The molecule has 0 spiro atoms. The Labute approximate surface area is 212 Å². The van der Waals surface area contributed by atoms with Crippen LogP contribution in [0.15, 0.2) is 66.2 Å². The van der Waals surface area contributed by atoms with E-state index in [2.05, 4.69) is 29.8 Å². The van der Waals surface area contributed by atoms with Gasteiger partial charge in [0.15, 0.2) is 0 Å². The Morgan fingerprint density at radius 3 is 2.69 bits per heavy atom. The van der Waals surface area contributed by atoms with E-state index in [1.165, 1.54) is 5.57 Å². The van der Waals surface area contributed by atoms with Crippen molar-refractivity contribution in [1.82, 2.24) is 24.4 Å². The van der Waals surface area contributed by atoms with Gasteiger partial charge in [-0.3, -0.25) is 19.6 Å². The fourth-order valence-corrected chi connectivity index (χ4v) is 5.44. The van der Waals surface area contributed by atoms with Gasteiger partial charge in [-0.15, -0.1) is 0 Å². The van der Waals surface area contributed by atoms with Crippen LogP contribution < -0.4 is 0 Å². The minimum absolute atomic E-state index is 0.0757. The summed E-state index contributed by atoms with van der Waals surface area (Å²) in [6.07, 6.45) is 19.6. The van der Waals surface area contributed by atoms with Gasteiger partial charge in [0.1, 0.15) is 0 Å². The van der Waals surface area contributed by atoms with Crippen molar-refractivity contribution in [2.24, 2.45) is 5.92 Å². The molecule has 3 aliphatic rings. The molecule has 0 aliphatic carbocycles. The lowest BCUT2D eigenvalue weighted by molar-refractivity contribution is -0.122. The van der Waals surface area contributed by atoms with Crippen molar-refractivity contribution in [3.8, 4) is 0 Å². The Balaban J connectivity index is 1.39. The molecule has 1 unspecified atom stereocenters. The molecule has 7 nitrogen and oxygen atoms in total. The van der Waals surface area contributed by atoms with Crippen molar-refractivity contribution >= 4 is 17.0 Å². The number of carbonyl (C=O) groups is 1. The fraction of sp³-hybridized carbons (Fsp3) is 0.414. The van der Waals surface area contributed by atoms with Crippen LogP contribution in [0.4, 0.5) is 0 Å². The number of hydrogen-bond donors (Lipinski definition) is 1. The minimum atomic E-state index is -0.0757. The molecule has 36 heavy (non-hydrogen) atoms. The zero-order chi connectivity index (χ0) is 25.2. The molecule has 1 N–H and O–H groups in total. The molecule has 5 heterocycles. The monoisotopic (exact) mass is 485 g/mol. The van der Waals surface area contributed by atoms with Crippen LogP contribution in [-0.4, -0.2) is 61.1 Å². The summed E-state index contributed by atoms with van der Waals surface area (Å²) in [4.78, 5) is 22.2. The van der Waals surface area contributed by atoms with Crippen LogP contribution in [0.3, 0.4) is 0 Å². The molecule has 188 valence electrons. The Morgan fingerprint density at radius 1 is 1.17 bits per heavy atom. The number of hydrogen-bond acceptors (Lipinski definition) is 5. The summed E-state index contributed by atoms with van der Waals surface area (Å²) < 4.78 is 1.86. The molecule has 1 fully saturated rings. The Morgan fingerprint density at radius 2 is 1.97 bits per heavy atom. The summed E-state index contributed by atoms with van der Waals surface area (Å²) in [6.45, 7) is 8.35. The molecule has 0 bridgehead atoms. The van der Waals surface area contributed by atoms with Gasteiger partial charge in [-0.25, -0.2) is 4.52 Å². The zero-order valence-corrected chi connectivity index (χ0v) is 21.4. The second-order valence-corrected chi connectivity index (χ2v) is 9.82. The SMILES string of the molecule is CCc1nc(C)cn2nc(C3=C\C(=O)N4C=C(C5CCN(C(CC)CO)CC5)C=C\C4=C/C=C/3)cc12. The number of amides is 1. The summed E-state index contributed by atoms with van der Waals surface area (Å²) >= 11 is 0. The maximum Gasteiger partial charge on any atom is 0.255 e. The van der Waals surface area contributed by atoms with Gasteiger partial charge < -0.3 is 5.11 Å². The molecule has 7 heteroatoms. The smallest absolute Gasteiger partial charge is 0.255 e. The lowest BCUT2D eigenvalue weighted by Crippen LogP contribution is -2.43. The third-order valence-electron chi connectivity index (χ3n) is 7.54. The van der Waals surface area contributed by atoms with Crippen LogP contribution in [0, 0.1) is 12.8 Å². The highest BCUT2D eigenvalue weighted by molar-refractivity contribution is 5.99. The van der Waals surface area contributed by atoms with Crippen molar-refractivity contribution in [2.75, 3.05) is 19.7 Å². The molecular formula is C29H35N5O2. The molecular weight excluding hydrogens is 450 g/mol. The average Bonchev–Trinajstić information content (AvgIpc) is 3.31. The number of nitrogens with zero attached hydrogens (tertiary/aromatic N) is 5. The number of likely N-dealkylation sites (tertiary alicyclic amines) is 1. The van der Waals surface area contributed by atoms with E-state index in [0.29, 0.717) is 5.92 Å². The predicted octanol–water partition coefficient (Wildman–Crippen LogP) is 4.20. The minimum Gasteiger partial charge on any atom is -0.395 e. The summed E-state index contributed by atoms with van der Waals surface area (Å²) in [5.41, 5.74) is 6.50. The highest BCUT2D eigenvalue weighted by atomic mass is 16.3. The average molecular weight is 486 g/mol. The molecule has 1 amide bonds. The number of piperidine rings is 1. The molecule has 2 aromatic heterocycles. The van der Waals surface area contributed by atoms with Gasteiger partial charge in [-0.05, 0) is 75.4 Å². The van der Waals surface area contributed by atoms with Crippen LogP contribution in [-0.2, 0) is 11.2 Å². The number of aromatic nitrogens is 3. The first kappa shape index (κ1) is 24.4. The molecule has 2 aromatic rings. The van der Waals surface area contributed by atoms with Crippen LogP contribution in [0.2, 0.25) is 0 Å². The highest BCUT2D eigenvalue weighted by Crippen LogP contribution is 2.32. The fourth-order valence-electron chi connectivity index (χ4n) is 5.44. The van der Waals surface area contributed by atoms with Gasteiger partial charge in [0.2, 0.25) is 0 Å².